The molecular formula is C24H38N2O4. The minimum atomic E-state index is -3.26. The number of piperidine rings is 1. The van der Waals surface area contributed by atoms with Gasteiger partial charge in [0.05, 0.1) is 15.6 Å². The number of nitrogens with zero attached hydrogens (tertiary/aromatic N) is 1. The number of carbonyl (C=O) groups excluding carboxylic acids is 1. The standard InChI is InChI=1S/C24H38N2O4/c1-14(2)9-17-13-26-8-7-16-10-21(28-5)22(29-6)11-18(16)19(26)12-20(17)30-24(27)23(25)15(3)4/h10-11,14-15,17,19-20,23H,7-9,12-13,25H2,1-6H3/t17?,19?,20?,23-/m0/s1/i7D2,8D2,12D2,13D2,17D,20D. The molecule has 1 fully saturated rings. The first kappa shape index (κ1) is 12.9. The van der Waals surface area contributed by atoms with Gasteiger partial charge in [0.15, 0.2) is 11.5 Å². The summed E-state index contributed by atoms with van der Waals surface area (Å²) in [6.45, 7) is -0.0772. The largest absolute Gasteiger partial charge is 0.493 e. The lowest BCUT2D eigenvalue weighted by Crippen LogP contribution is -2.51. The van der Waals surface area contributed by atoms with Crippen molar-refractivity contribution in [3.8, 4) is 11.5 Å². The van der Waals surface area contributed by atoms with Crippen molar-refractivity contribution in [2.75, 3.05) is 27.2 Å². The molecule has 2 N–H and O–H groups in total. The second kappa shape index (κ2) is 9.56. The molecule has 0 bridgehead atoms. The zero-order valence-corrected chi connectivity index (χ0v) is 18.3. The van der Waals surface area contributed by atoms with Crippen LogP contribution in [0, 0.1) is 17.7 Å². The summed E-state index contributed by atoms with van der Waals surface area (Å²) in [4.78, 5) is 13.5. The van der Waals surface area contributed by atoms with E-state index in [9.17, 15) is 10.3 Å². The van der Waals surface area contributed by atoms with Crippen LogP contribution in [-0.2, 0) is 15.9 Å². The van der Waals surface area contributed by atoms with Crippen LogP contribution in [0.1, 0.15) is 71.4 Å². The number of rotatable bonds is 7. The van der Waals surface area contributed by atoms with Crippen molar-refractivity contribution < 1.29 is 32.7 Å². The molecule has 2 heterocycles. The maximum Gasteiger partial charge on any atom is 0.323 e. The van der Waals surface area contributed by atoms with Gasteiger partial charge in [-0.05, 0) is 47.9 Å². The normalized spacial score (nSPS) is 41.4. The Hall–Kier alpha value is -1.79. The third kappa shape index (κ3) is 4.75. The van der Waals surface area contributed by atoms with Gasteiger partial charge in [-0.3, -0.25) is 9.69 Å². The summed E-state index contributed by atoms with van der Waals surface area (Å²) >= 11 is 0. The number of aryl methyl sites for hydroxylation is 1. The van der Waals surface area contributed by atoms with Crippen LogP contribution in [0.5, 0.6) is 11.5 Å². The molecule has 0 aliphatic carbocycles. The van der Waals surface area contributed by atoms with Crippen molar-refractivity contribution in [1.29, 1.82) is 0 Å². The maximum atomic E-state index is 13.1. The van der Waals surface area contributed by atoms with Crippen molar-refractivity contribution in [1.82, 2.24) is 4.90 Å². The SMILES string of the molecule is [2H]C1([2H])c2cc(OC)c(OC)cc2C2N(C1([2H])[2H])C([2H])([2H])C([2H])(CC(C)C)C([2H])(OC(=O)[C@@H](N)C(C)C)C2([2H])[2H]. The summed E-state index contributed by atoms with van der Waals surface area (Å²) in [6, 6.07) is -0.997. The first-order valence-corrected chi connectivity index (χ1v) is 10.1. The lowest BCUT2D eigenvalue weighted by Gasteiger charge is -2.47. The van der Waals surface area contributed by atoms with Crippen LogP contribution in [0.3, 0.4) is 0 Å². The van der Waals surface area contributed by atoms with Gasteiger partial charge in [0.2, 0.25) is 0 Å². The molecule has 0 spiro atoms. The average Bonchev–Trinajstić information content (AvgIpc) is 2.82. The lowest BCUT2D eigenvalue weighted by atomic mass is 9.79. The maximum absolute atomic E-state index is 13.1. The van der Waals surface area contributed by atoms with Crippen LogP contribution in [0.4, 0.5) is 0 Å². The molecule has 0 aromatic heterocycles. The quantitative estimate of drug-likeness (QED) is 0.670. The molecule has 30 heavy (non-hydrogen) atoms. The van der Waals surface area contributed by atoms with Gasteiger partial charge in [-0.15, -0.1) is 0 Å². The summed E-state index contributed by atoms with van der Waals surface area (Å²) in [5, 5.41) is 0. The van der Waals surface area contributed by atoms with Gasteiger partial charge < -0.3 is 19.9 Å². The second-order valence-corrected chi connectivity index (χ2v) is 8.16. The van der Waals surface area contributed by atoms with Gasteiger partial charge in [-0.1, -0.05) is 27.7 Å². The van der Waals surface area contributed by atoms with E-state index in [1.54, 1.807) is 27.7 Å². The Morgan fingerprint density at radius 1 is 1.27 bits per heavy atom. The van der Waals surface area contributed by atoms with E-state index in [0.29, 0.717) is 4.90 Å². The molecular weight excluding hydrogens is 380 g/mol. The molecule has 0 radical (unpaired) electrons. The fourth-order valence-electron chi connectivity index (χ4n) is 3.27. The van der Waals surface area contributed by atoms with Crippen molar-refractivity contribution in [3.63, 3.8) is 0 Å². The van der Waals surface area contributed by atoms with Crippen LogP contribution in [-0.4, -0.2) is 50.2 Å². The highest BCUT2D eigenvalue weighted by molar-refractivity contribution is 5.76. The molecule has 168 valence electrons. The molecule has 4 atom stereocenters. The number of hydrogen-bond acceptors (Lipinski definition) is 6. The third-order valence-corrected chi connectivity index (χ3v) is 5.02. The summed E-state index contributed by atoms with van der Waals surface area (Å²) in [5.41, 5.74) is 5.36. The summed E-state index contributed by atoms with van der Waals surface area (Å²) in [7, 11) is 2.57. The molecule has 1 saturated heterocycles. The highest BCUT2D eigenvalue weighted by atomic mass is 16.5. The topological polar surface area (TPSA) is 74.0 Å². The number of hydrogen-bond donors (Lipinski definition) is 1. The number of carbonyl (C=O) groups is 1. The van der Waals surface area contributed by atoms with E-state index in [4.69, 9.17) is 28.2 Å². The van der Waals surface area contributed by atoms with Gasteiger partial charge >= 0.3 is 5.97 Å². The van der Waals surface area contributed by atoms with E-state index in [1.807, 2.05) is 0 Å². The Morgan fingerprint density at radius 3 is 2.53 bits per heavy atom. The Morgan fingerprint density at radius 2 is 1.93 bits per heavy atom. The van der Waals surface area contributed by atoms with Crippen LogP contribution in [0.15, 0.2) is 12.1 Å². The van der Waals surface area contributed by atoms with Gasteiger partial charge in [-0.25, -0.2) is 0 Å². The highest BCUT2D eigenvalue weighted by Crippen LogP contribution is 2.44. The smallest absolute Gasteiger partial charge is 0.323 e. The van der Waals surface area contributed by atoms with Crippen LogP contribution >= 0.6 is 0 Å². The molecule has 3 rings (SSSR count). The monoisotopic (exact) mass is 428 g/mol. The molecule has 2 aliphatic heterocycles. The van der Waals surface area contributed by atoms with Crippen molar-refractivity contribution >= 4 is 5.97 Å². The Balaban J connectivity index is 2.49. The zero-order valence-electron chi connectivity index (χ0n) is 28.3. The average molecular weight is 429 g/mol. The van der Waals surface area contributed by atoms with Crippen molar-refractivity contribution in [2.45, 2.75) is 65.0 Å². The second-order valence-electron chi connectivity index (χ2n) is 8.16. The van der Waals surface area contributed by atoms with E-state index < -0.39 is 74.0 Å². The zero-order chi connectivity index (χ0) is 31.0. The Kier molecular flexibility index (Phi) is 4.12. The van der Waals surface area contributed by atoms with Gasteiger partial charge in [-0.2, -0.15) is 0 Å². The minimum absolute atomic E-state index is 0.0230. The number of benzene rings is 1. The number of methoxy groups -OCH3 is 2. The number of fused-ring (bicyclic) bond motifs is 3. The molecule has 0 saturated carbocycles. The van der Waals surface area contributed by atoms with E-state index in [2.05, 4.69) is 0 Å². The first-order valence-electron chi connectivity index (χ1n) is 15.1. The fourth-order valence-corrected chi connectivity index (χ4v) is 3.27. The molecule has 3 unspecified atom stereocenters. The predicted molar refractivity (Wildman–Crippen MR) is 118 cm³/mol. The van der Waals surface area contributed by atoms with Gasteiger partial charge in [0, 0.05) is 43.6 Å². The fraction of sp³-hybridized carbons (Fsp3) is 0.708. The summed E-state index contributed by atoms with van der Waals surface area (Å²) in [5.74, 6) is -5.13. The number of ether oxygens (including phenoxy) is 3. The predicted octanol–water partition coefficient (Wildman–Crippen LogP) is 3.56. The van der Waals surface area contributed by atoms with E-state index in [-0.39, 0.29) is 22.6 Å². The van der Waals surface area contributed by atoms with Crippen LogP contribution < -0.4 is 15.2 Å². The summed E-state index contributed by atoms with van der Waals surface area (Å²) < 4.78 is 107. The molecule has 1 aromatic rings. The molecule has 6 heteroatoms. The number of nitrogens with two attached hydrogens (primary N) is 1. The van der Waals surface area contributed by atoms with E-state index >= 15 is 0 Å². The van der Waals surface area contributed by atoms with Crippen molar-refractivity contribution in [2.24, 2.45) is 23.5 Å². The Labute approximate surface area is 195 Å². The van der Waals surface area contributed by atoms with Crippen LogP contribution in [0.25, 0.3) is 0 Å². The highest BCUT2D eigenvalue weighted by Gasteiger charge is 2.41. The van der Waals surface area contributed by atoms with Crippen LogP contribution in [0.2, 0.25) is 0 Å². The molecule has 1 aromatic carbocycles. The van der Waals surface area contributed by atoms with E-state index in [1.165, 1.54) is 20.3 Å². The lowest BCUT2D eigenvalue weighted by molar-refractivity contribution is -0.160. The van der Waals surface area contributed by atoms with E-state index in [0.717, 1.165) is 6.07 Å². The third-order valence-electron chi connectivity index (χ3n) is 5.02. The Bertz CT molecular complexity index is 1160. The first-order chi connectivity index (χ1) is 18.0. The molecule has 0 amide bonds. The minimum Gasteiger partial charge on any atom is -0.493 e. The molecule has 6 nitrogen and oxygen atoms in total. The summed E-state index contributed by atoms with van der Waals surface area (Å²) in [6.07, 6.45) is -9.92. The molecule has 2 aliphatic rings. The number of esters is 1. The van der Waals surface area contributed by atoms with Crippen molar-refractivity contribution in [3.05, 3.63) is 23.3 Å². The van der Waals surface area contributed by atoms with Gasteiger partial charge in [0.1, 0.15) is 12.1 Å². The van der Waals surface area contributed by atoms with Gasteiger partial charge in [0.25, 0.3) is 0 Å².